The summed E-state index contributed by atoms with van der Waals surface area (Å²) in [7, 11) is 0. The lowest BCUT2D eigenvalue weighted by Gasteiger charge is -2.38. The Kier molecular flexibility index (Phi) is 3.63. The summed E-state index contributed by atoms with van der Waals surface area (Å²) < 4.78 is 7.10. The highest BCUT2D eigenvalue weighted by molar-refractivity contribution is 7.14. The highest BCUT2D eigenvalue weighted by Gasteiger charge is 2.43. The number of thiophene rings is 1. The summed E-state index contributed by atoms with van der Waals surface area (Å²) in [6.45, 7) is 5.51. The van der Waals surface area contributed by atoms with Gasteiger partial charge in [0.05, 0.1) is 4.34 Å². The monoisotopic (exact) mass is 334 g/mol. The van der Waals surface area contributed by atoms with Crippen molar-refractivity contribution in [1.29, 1.82) is 0 Å². The van der Waals surface area contributed by atoms with Gasteiger partial charge in [-0.2, -0.15) is 0 Å². The van der Waals surface area contributed by atoms with E-state index < -0.39 is 0 Å². The molecule has 4 rings (SSSR count). The summed E-state index contributed by atoms with van der Waals surface area (Å²) in [6.07, 6.45) is 5.20. The zero-order valence-corrected chi connectivity index (χ0v) is 14.2. The first-order valence-corrected chi connectivity index (χ1v) is 9.08. The Bertz CT molecular complexity index is 702. The molecule has 22 heavy (non-hydrogen) atoms. The molecule has 0 amide bonds. The number of aromatic nitrogens is 1. The standard InChI is InChI=1S/C17H19ClN2OS/c1-2-20-5-3-4-17(11-20)8-12-6-13(9-19-16(12)21-17)14-7-15(18)22-10-14/h6-7,9-10H,2-5,8,11H2,1H3/t17-/m0/s1. The van der Waals surface area contributed by atoms with Crippen LogP contribution in [0.2, 0.25) is 4.34 Å². The number of likely N-dealkylation sites (N-methyl/N-ethyl adjacent to an activating group) is 1. The number of hydrogen-bond acceptors (Lipinski definition) is 4. The maximum absolute atomic E-state index is 6.29. The Balaban J connectivity index is 1.61. The maximum atomic E-state index is 6.29. The molecule has 0 unspecified atom stereocenters. The van der Waals surface area contributed by atoms with Gasteiger partial charge in [-0.25, -0.2) is 4.98 Å². The van der Waals surface area contributed by atoms with Gasteiger partial charge in [0, 0.05) is 35.7 Å². The van der Waals surface area contributed by atoms with Crippen LogP contribution in [0.3, 0.4) is 0 Å². The van der Waals surface area contributed by atoms with Crippen LogP contribution in [0.1, 0.15) is 25.3 Å². The normalized spacial score (nSPS) is 24.5. The predicted molar refractivity (Wildman–Crippen MR) is 91.0 cm³/mol. The number of likely N-dealkylation sites (tertiary alicyclic amines) is 1. The van der Waals surface area contributed by atoms with Crippen molar-refractivity contribution in [3.8, 4) is 17.0 Å². The Morgan fingerprint density at radius 1 is 1.41 bits per heavy atom. The number of fused-ring (bicyclic) bond motifs is 1. The number of pyridine rings is 1. The Morgan fingerprint density at radius 2 is 2.32 bits per heavy atom. The van der Waals surface area contributed by atoms with Crippen LogP contribution in [-0.2, 0) is 6.42 Å². The third-order valence-corrected chi connectivity index (χ3v) is 5.81. The molecule has 2 aliphatic heterocycles. The second-order valence-electron chi connectivity index (χ2n) is 6.26. The molecule has 2 aliphatic rings. The van der Waals surface area contributed by atoms with E-state index in [-0.39, 0.29) is 5.60 Å². The number of piperidine rings is 1. The van der Waals surface area contributed by atoms with Gasteiger partial charge >= 0.3 is 0 Å². The van der Waals surface area contributed by atoms with Gasteiger partial charge in [0.15, 0.2) is 0 Å². The number of rotatable bonds is 2. The summed E-state index contributed by atoms with van der Waals surface area (Å²) in [6, 6.07) is 4.22. The Labute approximate surface area is 139 Å². The Morgan fingerprint density at radius 3 is 3.09 bits per heavy atom. The molecular formula is C17H19ClN2OS. The molecule has 1 fully saturated rings. The molecule has 1 spiro atoms. The van der Waals surface area contributed by atoms with E-state index >= 15 is 0 Å². The lowest BCUT2D eigenvalue weighted by molar-refractivity contribution is 0.00781. The van der Waals surface area contributed by atoms with Crippen molar-refractivity contribution in [3.63, 3.8) is 0 Å². The first-order chi connectivity index (χ1) is 10.7. The van der Waals surface area contributed by atoms with Crippen molar-refractivity contribution in [2.24, 2.45) is 0 Å². The molecule has 0 radical (unpaired) electrons. The summed E-state index contributed by atoms with van der Waals surface area (Å²) in [5.74, 6) is 0.822. The predicted octanol–water partition coefficient (Wildman–Crippen LogP) is 4.25. The van der Waals surface area contributed by atoms with Crippen molar-refractivity contribution >= 4 is 22.9 Å². The van der Waals surface area contributed by atoms with Crippen molar-refractivity contribution in [1.82, 2.24) is 9.88 Å². The molecule has 3 nitrogen and oxygen atoms in total. The summed E-state index contributed by atoms with van der Waals surface area (Å²) >= 11 is 7.60. The zero-order chi connectivity index (χ0) is 15.2. The fourth-order valence-electron chi connectivity index (χ4n) is 3.61. The quantitative estimate of drug-likeness (QED) is 0.820. The molecule has 116 valence electrons. The molecule has 0 aromatic carbocycles. The minimum atomic E-state index is -0.0610. The van der Waals surface area contributed by atoms with Crippen LogP contribution in [0, 0.1) is 0 Å². The van der Waals surface area contributed by atoms with Gasteiger partial charge in [-0.1, -0.05) is 18.5 Å². The first-order valence-electron chi connectivity index (χ1n) is 7.82. The van der Waals surface area contributed by atoms with Crippen LogP contribution in [0.5, 0.6) is 5.88 Å². The molecule has 1 saturated heterocycles. The van der Waals surface area contributed by atoms with Gasteiger partial charge in [-0.3, -0.25) is 4.90 Å². The maximum Gasteiger partial charge on any atom is 0.217 e. The SMILES string of the molecule is CCN1CCC[C@]2(Cc3cc(-c4csc(Cl)c4)cnc3O2)C1. The molecule has 2 aromatic heterocycles. The van der Waals surface area contributed by atoms with Gasteiger partial charge < -0.3 is 4.74 Å². The number of nitrogens with zero attached hydrogens (tertiary/aromatic N) is 2. The topological polar surface area (TPSA) is 25.4 Å². The molecule has 2 aromatic rings. The summed E-state index contributed by atoms with van der Waals surface area (Å²) in [4.78, 5) is 7.05. The molecule has 4 heterocycles. The highest BCUT2D eigenvalue weighted by Crippen LogP contribution is 2.40. The molecule has 5 heteroatoms. The fraction of sp³-hybridized carbons (Fsp3) is 0.471. The van der Waals surface area contributed by atoms with Gasteiger partial charge in [-0.05, 0) is 43.6 Å². The van der Waals surface area contributed by atoms with E-state index in [1.807, 2.05) is 12.3 Å². The number of ether oxygens (including phenoxy) is 1. The van der Waals surface area contributed by atoms with Gasteiger partial charge in [0.2, 0.25) is 5.88 Å². The van der Waals surface area contributed by atoms with Crippen LogP contribution >= 0.6 is 22.9 Å². The second-order valence-corrected chi connectivity index (χ2v) is 7.80. The van der Waals surface area contributed by atoms with Crippen LogP contribution in [0.4, 0.5) is 0 Å². The summed E-state index contributed by atoms with van der Waals surface area (Å²) in [5, 5.41) is 2.08. The number of hydrogen-bond donors (Lipinski definition) is 0. The number of halogens is 1. The Hall–Kier alpha value is -1.10. The molecule has 0 aliphatic carbocycles. The molecule has 1 atom stereocenters. The first kappa shape index (κ1) is 14.5. The van der Waals surface area contributed by atoms with Crippen molar-refractivity contribution in [3.05, 3.63) is 33.6 Å². The van der Waals surface area contributed by atoms with Gasteiger partial charge in [0.1, 0.15) is 5.60 Å². The molecule has 0 bridgehead atoms. The van der Waals surface area contributed by atoms with Crippen LogP contribution in [0.15, 0.2) is 23.7 Å². The highest BCUT2D eigenvalue weighted by atomic mass is 35.5. The average molecular weight is 335 g/mol. The minimum Gasteiger partial charge on any atom is -0.469 e. The average Bonchev–Trinajstić information content (AvgIpc) is 3.09. The van der Waals surface area contributed by atoms with E-state index in [1.54, 1.807) is 11.3 Å². The van der Waals surface area contributed by atoms with E-state index in [2.05, 4.69) is 28.3 Å². The molecule has 0 N–H and O–H groups in total. The largest absolute Gasteiger partial charge is 0.469 e. The lowest BCUT2D eigenvalue weighted by atomic mass is 9.88. The van der Waals surface area contributed by atoms with Crippen LogP contribution in [-0.4, -0.2) is 35.1 Å². The van der Waals surface area contributed by atoms with Gasteiger partial charge in [0.25, 0.3) is 0 Å². The molecular weight excluding hydrogens is 316 g/mol. The van der Waals surface area contributed by atoms with E-state index in [4.69, 9.17) is 16.3 Å². The van der Waals surface area contributed by atoms with Crippen molar-refractivity contribution < 1.29 is 4.74 Å². The van der Waals surface area contributed by atoms with E-state index in [1.165, 1.54) is 18.5 Å². The minimum absolute atomic E-state index is 0.0610. The van der Waals surface area contributed by atoms with E-state index in [9.17, 15) is 0 Å². The van der Waals surface area contributed by atoms with Crippen LogP contribution < -0.4 is 4.74 Å². The fourth-order valence-corrected chi connectivity index (χ4v) is 4.50. The smallest absolute Gasteiger partial charge is 0.217 e. The molecule has 0 saturated carbocycles. The van der Waals surface area contributed by atoms with E-state index in [0.717, 1.165) is 47.3 Å². The van der Waals surface area contributed by atoms with Crippen LogP contribution in [0.25, 0.3) is 11.1 Å². The third kappa shape index (κ3) is 2.53. The van der Waals surface area contributed by atoms with E-state index in [0.29, 0.717) is 0 Å². The van der Waals surface area contributed by atoms with Gasteiger partial charge in [-0.15, -0.1) is 11.3 Å². The zero-order valence-electron chi connectivity index (χ0n) is 12.6. The second kappa shape index (κ2) is 5.52. The lowest BCUT2D eigenvalue weighted by Crippen LogP contribution is -2.51. The van der Waals surface area contributed by atoms with Crippen molar-refractivity contribution in [2.75, 3.05) is 19.6 Å². The summed E-state index contributed by atoms with van der Waals surface area (Å²) in [5.41, 5.74) is 3.45. The van der Waals surface area contributed by atoms with Crippen molar-refractivity contribution in [2.45, 2.75) is 31.8 Å². The third-order valence-electron chi connectivity index (χ3n) is 4.72.